The summed E-state index contributed by atoms with van der Waals surface area (Å²) >= 11 is 0. The maximum Gasteiger partial charge on any atom is 0.410 e. The molecule has 0 aromatic carbocycles. The number of carbonyl (C=O) groups is 2. The van der Waals surface area contributed by atoms with E-state index in [9.17, 15) is 9.59 Å². The summed E-state index contributed by atoms with van der Waals surface area (Å²) in [6, 6.07) is -0.0698. The highest BCUT2D eigenvalue weighted by atomic mass is 16.6. The van der Waals surface area contributed by atoms with Crippen LogP contribution in [0.1, 0.15) is 65.7 Å². The topological polar surface area (TPSA) is 67.9 Å². The average molecular weight is 379 g/mol. The molecule has 0 radical (unpaired) electrons. The minimum absolute atomic E-state index is 0.0698. The number of likely N-dealkylation sites (tertiary alicyclic amines) is 1. The van der Waals surface area contributed by atoms with Crippen LogP contribution in [0.15, 0.2) is 0 Å². The molecule has 0 aromatic heterocycles. The van der Waals surface area contributed by atoms with E-state index in [1.54, 1.807) is 4.90 Å². The van der Waals surface area contributed by atoms with E-state index >= 15 is 0 Å². The quantitative estimate of drug-likeness (QED) is 0.790. The van der Waals surface area contributed by atoms with Crippen LogP contribution < -0.4 is 5.32 Å². The first-order chi connectivity index (χ1) is 12.8. The summed E-state index contributed by atoms with van der Waals surface area (Å²) in [5.41, 5.74) is -0.517. The molecule has 6 heteroatoms. The van der Waals surface area contributed by atoms with Gasteiger partial charge in [-0.25, -0.2) is 9.59 Å². The van der Waals surface area contributed by atoms with Crippen molar-refractivity contribution in [1.82, 2.24) is 10.2 Å². The maximum atomic E-state index is 12.8. The SMILES string of the molecule is CC(C)(C)OC(=O)NC1CCCN(C(=O)OC2C3CC4CC(C3)CC2C4)C1. The van der Waals surface area contributed by atoms with Crippen LogP contribution >= 0.6 is 0 Å². The molecule has 152 valence electrons. The molecule has 1 unspecified atom stereocenters. The lowest BCUT2D eigenvalue weighted by Crippen LogP contribution is -2.54. The van der Waals surface area contributed by atoms with Gasteiger partial charge in [0, 0.05) is 19.1 Å². The third-order valence-corrected chi connectivity index (χ3v) is 6.78. The normalized spacial score (nSPS) is 37.8. The summed E-state index contributed by atoms with van der Waals surface area (Å²) in [5, 5.41) is 2.90. The number of nitrogens with one attached hydrogen (secondary N) is 1. The molecule has 5 fully saturated rings. The number of hydrogen-bond donors (Lipinski definition) is 1. The Kier molecular flexibility index (Phi) is 5.02. The molecule has 0 aromatic rings. The van der Waals surface area contributed by atoms with E-state index in [0.717, 1.165) is 24.7 Å². The lowest BCUT2D eigenvalue weighted by molar-refractivity contribution is -0.103. The Morgan fingerprint density at radius 2 is 1.63 bits per heavy atom. The Hall–Kier alpha value is -1.46. The second-order valence-electron chi connectivity index (χ2n) is 10.2. The highest BCUT2D eigenvalue weighted by molar-refractivity contribution is 5.70. The number of alkyl carbamates (subject to hydrolysis) is 1. The number of rotatable bonds is 2. The first kappa shape index (κ1) is 18.9. The molecule has 5 aliphatic rings. The maximum absolute atomic E-state index is 12.8. The Labute approximate surface area is 162 Å². The van der Waals surface area contributed by atoms with Gasteiger partial charge >= 0.3 is 12.2 Å². The van der Waals surface area contributed by atoms with Crippen LogP contribution in [-0.2, 0) is 9.47 Å². The number of carbonyl (C=O) groups excluding carboxylic acids is 2. The van der Waals surface area contributed by atoms with Gasteiger partial charge in [0.1, 0.15) is 11.7 Å². The molecule has 1 atom stereocenters. The van der Waals surface area contributed by atoms with Gasteiger partial charge in [-0.2, -0.15) is 0 Å². The van der Waals surface area contributed by atoms with Crippen molar-refractivity contribution >= 4 is 12.2 Å². The van der Waals surface area contributed by atoms with Crippen molar-refractivity contribution in [3.8, 4) is 0 Å². The van der Waals surface area contributed by atoms with Crippen LogP contribution in [0.5, 0.6) is 0 Å². The van der Waals surface area contributed by atoms with Gasteiger partial charge in [0.05, 0.1) is 0 Å². The zero-order valence-corrected chi connectivity index (χ0v) is 16.9. The van der Waals surface area contributed by atoms with E-state index in [1.807, 2.05) is 20.8 Å². The van der Waals surface area contributed by atoms with Crippen molar-refractivity contribution in [3.05, 3.63) is 0 Å². The van der Waals surface area contributed by atoms with Crippen LogP contribution in [0.25, 0.3) is 0 Å². The fourth-order valence-electron chi connectivity index (χ4n) is 5.99. The van der Waals surface area contributed by atoms with Crippen LogP contribution in [0, 0.1) is 23.7 Å². The molecule has 4 saturated carbocycles. The highest BCUT2D eigenvalue weighted by Gasteiger charge is 2.50. The monoisotopic (exact) mass is 378 g/mol. The molecule has 4 aliphatic carbocycles. The molecule has 1 saturated heterocycles. The van der Waals surface area contributed by atoms with E-state index in [4.69, 9.17) is 9.47 Å². The van der Waals surface area contributed by atoms with Gasteiger partial charge in [-0.05, 0) is 89.4 Å². The molecule has 1 aliphatic heterocycles. The molecular weight excluding hydrogens is 344 g/mol. The number of piperidine rings is 1. The predicted octanol–water partition coefficient (Wildman–Crippen LogP) is 3.94. The van der Waals surface area contributed by atoms with Gasteiger partial charge in [-0.3, -0.25) is 0 Å². The van der Waals surface area contributed by atoms with Gasteiger partial charge in [0.2, 0.25) is 0 Å². The second-order valence-corrected chi connectivity index (χ2v) is 10.2. The summed E-state index contributed by atoms with van der Waals surface area (Å²) in [6.45, 7) is 6.76. The minimum atomic E-state index is -0.517. The lowest BCUT2D eigenvalue weighted by atomic mass is 9.55. The van der Waals surface area contributed by atoms with E-state index in [-0.39, 0.29) is 18.2 Å². The van der Waals surface area contributed by atoms with Crippen molar-refractivity contribution in [3.63, 3.8) is 0 Å². The summed E-state index contributed by atoms with van der Waals surface area (Å²) in [7, 11) is 0. The van der Waals surface area contributed by atoms with Gasteiger partial charge in [-0.15, -0.1) is 0 Å². The van der Waals surface area contributed by atoms with Crippen molar-refractivity contribution < 1.29 is 19.1 Å². The molecule has 1 heterocycles. The number of ether oxygens (including phenoxy) is 2. The smallest absolute Gasteiger partial charge is 0.410 e. The number of amides is 2. The van der Waals surface area contributed by atoms with E-state index < -0.39 is 11.7 Å². The predicted molar refractivity (Wildman–Crippen MR) is 101 cm³/mol. The summed E-state index contributed by atoms with van der Waals surface area (Å²) in [4.78, 5) is 26.6. The summed E-state index contributed by atoms with van der Waals surface area (Å²) in [6.07, 6.45) is 7.62. The lowest BCUT2D eigenvalue weighted by Gasteiger charge is -2.53. The Morgan fingerprint density at radius 1 is 1.00 bits per heavy atom. The molecular formula is C21H34N2O4. The molecule has 5 rings (SSSR count). The zero-order valence-electron chi connectivity index (χ0n) is 16.9. The van der Waals surface area contributed by atoms with E-state index in [1.165, 1.54) is 32.1 Å². The first-order valence-corrected chi connectivity index (χ1v) is 10.7. The molecule has 1 N–H and O–H groups in total. The number of hydrogen-bond acceptors (Lipinski definition) is 4. The highest BCUT2D eigenvalue weighted by Crippen LogP contribution is 2.54. The molecule has 0 spiro atoms. The Morgan fingerprint density at radius 3 is 2.22 bits per heavy atom. The number of nitrogens with zero attached hydrogens (tertiary/aromatic N) is 1. The van der Waals surface area contributed by atoms with Gasteiger partial charge < -0.3 is 19.7 Å². The van der Waals surface area contributed by atoms with Crippen molar-refractivity contribution in [2.24, 2.45) is 23.7 Å². The standard InChI is InChI=1S/C21H34N2O4/c1-21(2,3)27-19(24)22-17-5-4-6-23(12-17)20(25)26-18-15-8-13-7-14(10-15)11-16(18)9-13/h13-18H,4-12H2,1-3H3,(H,22,24). The average Bonchev–Trinajstić information content (AvgIpc) is 2.55. The molecule has 2 amide bonds. The van der Waals surface area contributed by atoms with Gasteiger partial charge in [0.25, 0.3) is 0 Å². The van der Waals surface area contributed by atoms with Gasteiger partial charge in [-0.1, -0.05) is 0 Å². The van der Waals surface area contributed by atoms with Crippen LogP contribution in [0.2, 0.25) is 0 Å². The Bertz CT molecular complexity index is 557. The minimum Gasteiger partial charge on any atom is -0.446 e. The molecule has 4 bridgehead atoms. The van der Waals surface area contributed by atoms with Crippen molar-refractivity contribution in [2.45, 2.75) is 83.5 Å². The third-order valence-electron chi connectivity index (χ3n) is 6.78. The van der Waals surface area contributed by atoms with Crippen LogP contribution in [0.4, 0.5) is 9.59 Å². The second kappa shape index (κ2) is 7.17. The molecule has 27 heavy (non-hydrogen) atoms. The van der Waals surface area contributed by atoms with Crippen molar-refractivity contribution in [2.75, 3.05) is 13.1 Å². The first-order valence-electron chi connectivity index (χ1n) is 10.7. The largest absolute Gasteiger partial charge is 0.446 e. The summed E-state index contributed by atoms with van der Waals surface area (Å²) < 4.78 is 11.4. The van der Waals surface area contributed by atoms with E-state index in [2.05, 4.69) is 5.32 Å². The molecule has 6 nitrogen and oxygen atoms in total. The zero-order chi connectivity index (χ0) is 19.2. The summed E-state index contributed by atoms with van der Waals surface area (Å²) in [5.74, 6) is 2.90. The van der Waals surface area contributed by atoms with Gasteiger partial charge in [0.15, 0.2) is 0 Å². The van der Waals surface area contributed by atoms with Crippen molar-refractivity contribution in [1.29, 1.82) is 0 Å². The van der Waals surface area contributed by atoms with Crippen LogP contribution in [0.3, 0.4) is 0 Å². The fourth-order valence-corrected chi connectivity index (χ4v) is 5.99. The third kappa shape index (κ3) is 4.35. The van der Waals surface area contributed by atoms with Crippen LogP contribution in [-0.4, -0.2) is 47.9 Å². The fraction of sp³-hybridized carbons (Fsp3) is 0.905. The van der Waals surface area contributed by atoms with E-state index in [0.29, 0.717) is 24.9 Å². The Balaban J connectivity index is 1.29.